The Labute approximate surface area is 122 Å². The number of benzene rings is 2. The summed E-state index contributed by atoms with van der Waals surface area (Å²) < 4.78 is 0. The maximum absolute atomic E-state index is 3.68. The maximum atomic E-state index is 3.68. The van der Waals surface area contributed by atoms with Crippen LogP contribution in [0.2, 0.25) is 0 Å². The fourth-order valence-electron chi connectivity index (χ4n) is 2.52. The van der Waals surface area contributed by atoms with Gasteiger partial charge in [0.1, 0.15) is 0 Å². The molecule has 20 heavy (non-hydrogen) atoms. The number of hydrogen-bond acceptors (Lipinski definition) is 2. The normalized spacial score (nSPS) is 13.0. The SMILES string of the molecule is CCCNC(CCN(C)C)c1ccc2ccccc2c1. The van der Waals surface area contributed by atoms with Gasteiger partial charge in [0.15, 0.2) is 0 Å². The number of nitrogens with zero attached hydrogens (tertiary/aromatic N) is 1. The predicted octanol–water partition coefficient (Wildman–Crippen LogP) is 3.83. The Morgan fingerprint density at radius 1 is 1.05 bits per heavy atom. The molecule has 2 aromatic rings. The van der Waals surface area contributed by atoms with Crippen molar-refractivity contribution in [1.82, 2.24) is 10.2 Å². The summed E-state index contributed by atoms with van der Waals surface area (Å²) in [7, 11) is 4.27. The molecule has 108 valence electrons. The lowest BCUT2D eigenvalue weighted by atomic mass is 9.99. The third-order valence-electron chi connectivity index (χ3n) is 3.68. The Kier molecular flexibility index (Phi) is 5.57. The van der Waals surface area contributed by atoms with Gasteiger partial charge in [-0.05, 0) is 62.4 Å². The van der Waals surface area contributed by atoms with E-state index in [1.165, 1.54) is 22.8 Å². The Morgan fingerprint density at radius 3 is 2.50 bits per heavy atom. The first kappa shape index (κ1) is 15.0. The summed E-state index contributed by atoms with van der Waals surface area (Å²) in [4.78, 5) is 2.25. The second-order valence-corrected chi connectivity index (χ2v) is 5.71. The minimum Gasteiger partial charge on any atom is -0.310 e. The predicted molar refractivity (Wildman–Crippen MR) is 88.2 cm³/mol. The fraction of sp³-hybridized carbons (Fsp3) is 0.444. The molecule has 0 aliphatic rings. The molecule has 2 aromatic carbocycles. The molecule has 0 aromatic heterocycles. The van der Waals surface area contributed by atoms with Crippen LogP contribution in [0.5, 0.6) is 0 Å². The summed E-state index contributed by atoms with van der Waals surface area (Å²) in [6, 6.07) is 15.9. The number of fused-ring (bicyclic) bond motifs is 1. The first-order chi connectivity index (χ1) is 9.70. The Hall–Kier alpha value is -1.38. The smallest absolute Gasteiger partial charge is 0.0332 e. The summed E-state index contributed by atoms with van der Waals surface area (Å²) in [6.07, 6.45) is 2.32. The van der Waals surface area contributed by atoms with Gasteiger partial charge in [0, 0.05) is 6.04 Å². The van der Waals surface area contributed by atoms with Crippen molar-refractivity contribution in [2.75, 3.05) is 27.2 Å². The van der Waals surface area contributed by atoms with Crippen LogP contribution in [0.15, 0.2) is 42.5 Å². The number of hydrogen-bond donors (Lipinski definition) is 1. The second-order valence-electron chi connectivity index (χ2n) is 5.71. The molecule has 0 amide bonds. The van der Waals surface area contributed by atoms with E-state index in [4.69, 9.17) is 0 Å². The third kappa shape index (κ3) is 4.06. The van der Waals surface area contributed by atoms with Gasteiger partial charge >= 0.3 is 0 Å². The van der Waals surface area contributed by atoms with Gasteiger partial charge in [0.05, 0.1) is 0 Å². The number of rotatable bonds is 7. The number of nitrogens with one attached hydrogen (secondary N) is 1. The first-order valence-corrected chi connectivity index (χ1v) is 7.57. The van der Waals surface area contributed by atoms with Gasteiger partial charge in [-0.25, -0.2) is 0 Å². The molecule has 0 saturated heterocycles. The molecule has 0 aliphatic heterocycles. The molecule has 0 radical (unpaired) electrons. The van der Waals surface area contributed by atoms with Crippen LogP contribution >= 0.6 is 0 Å². The van der Waals surface area contributed by atoms with Crippen LogP contribution in [-0.2, 0) is 0 Å². The zero-order valence-corrected chi connectivity index (χ0v) is 12.9. The molecule has 1 N–H and O–H groups in total. The monoisotopic (exact) mass is 270 g/mol. The van der Waals surface area contributed by atoms with Crippen molar-refractivity contribution in [2.45, 2.75) is 25.8 Å². The van der Waals surface area contributed by atoms with Gasteiger partial charge in [-0.15, -0.1) is 0 Å². The molecular formula is C18H26N2. The van der Waals surface area contributed by atoms with E-state index in [0.717, 1.165) is 19.5 Å². The van der Waals surface area contributed by atoms with Crippen LogP contribution in [0.3, 0.4) is 0 Å². The maximum Gasteiger partial charge on any atom is 0.0332 e. The lowest BCUT2D eigenvalue weighted by Gasteiger charge is -2.21. The molecule has 2 rings (SSSR count). The third-order valence-corrected chi connectivity index (χ3v) is 3.68. The molecule has 2 heteroatoms. The highest BCUT2D eigenvalue weighted by Crippen LogP contribution is 2.22. The van der Waals surface area contributed by atoms with E-state index >= 15 is 0 Å². The highest BCUT2D eigenvalue weighted by Gasteiger charge is 2.11. The van der Waals surface area contributed by atoms with Crippen molar-refractivity contribution < 1.29 is 0 Å². The quantitative estimate of drug-likeness (QED) is 0.822. The van der Waals surface area contributed by atoms with E-state index in [9.17, 15) is 0 Å². The van der Waals surface area contributed by atoms with E-state index in [2.05, 4.69) is 73.7 Å². The van der Waals surface area contributed by atoms with Crippen LogP contribution < -0.4 is 5.32 Å². The van der Waals surface area contributed by atoms with Gasteiger partial charge in [0.2, 0.25) is 0 Å². The first-order valence-electron chi connectivity index (χ1n) is 7.57. The molecule has 0 aliphatic carbocycles. The van der Waals surface area contributed by atoms with Gasteiger partial charge < -0.3 is 10.2 Å². The van der Waals surface area contributed by atoms with Crippen molar-refractivity contribution in [3.8, 4) is 0 Å². The zero-order valence-electron chi connectivity index (χ0n) is 12.9. The zero-order chi connectivity index (χ0) is 14.4. The Morgan fingerprint density at radius 2 is 1.80 bits per heavy atom. The topological polar surface area (TPSA) is 15.3 Å². The molecule has 2 nitrogen and oxygen atoms in total. The van der Waals surface area contributed by atoms with Gasteiger partial charge in [-0.1, -0.05) is 43.3 Å². The van der Waals surface area contributed by atoms with E-state index < -0.39 is 0 Å². The minimum atomic E-state index is 0.446. The summed E-state index contributed by atoms with van der Waals surface area (Å²) in [6.45, 7) is 4.40. The largest absolute Gasteiger partial charge is 0.310 e. The molecule has 0 fully saturated rings. The van der Waals surface area contributed by atoms with Crippen LogP contribution in [0.25, 0.3) is 10.8 Å². The average molecular weight is 270 g/mol. The van der Waals surface area contributed by atoms with Crippen molar-refractivity contribution in [1.29, 1.82) is 0 Å². The van der Waals surface area contributed by atoms with Crippen molar-refractivity contribution in [3.63, 3.8) is 0 Å². The fourth-order valence-corrected chi connectivity index (χ4v) is 2.52. The van der Waals surface area contributed by atoms with Crippen molar-refractivity contribution in [3.05, 3.63) is 48.0 Å². The van der Waals surface area contributed by atoms with E-state index in [1.54, 1.807) is 0 Å². The molecule has 0 bridgehead atoms. The molecule has 1 unspecified atom stereocenters. The molecular weight excluding hydrogens is 244 g/mol. The average Bonchev–Trinajstić information content (AvgIpc) is 2.46. The second kappa shape index (κ2) is 7.41. The molecule has 1 atom stereocenters. The van der Waals surface area contributed by atoms with Gasteiger partial charge in [-0.2, -0.15) is 0 Å². The van der Waals surface area contributed by atoms with E-state index in [-0.39, 0.29) is 0 Å². The van der Waals surface area contributed by atoms with E-state index in [0.29, 0.717) is 6.04 Å². The Bertz CT molecular complexity index is 534. The molecule has 0 saturated carbocycles. The highest BCUT2D eigenvalue weighted by atomic mass is 15.1. The van der Waals surface area contributed by atoms with Gasteiger partial charge in [0.25, 0.3) is 0 Å². The highest BCUT2D eigenvalue weighted by molar-refractivity contribution is 5.83. The lowest BCUT2D eigenvalue weighted by molar-refractivity contribution is 0.361. The van der Waals surface area contributed by atoms with Crippen LogP contribution in [0, 0.1) is 0 Å². The summed E-state index contributed by atoms with van der Waals surface area (Å²) in [5, 5.41) is 6.33. The summed E-state index contributed by atoms with van der Waals surface area (Å²) in [5.74, 6) is 0. The van der Waals surface area contributed by atoms with Crippen molar-refractivity contribution >= 4 is 10.8 Å². The molecule has 0 heterocycles. The lowest BCUT2D eigenvalue weighted by Crippen LogP contribution is -2.26. The minimum absolute atomic E-state index is 0.446. The van der Waals surface area contributed by atoms with Crippen LogP contribution in [0.4, 0.5) is 0 Å². The van der Waals surface area contributed by atoms with Crippen LogP contribution in [0.1, 0.15) is 31.4 Å². The van der Waals surface area contributed by atoms with E-state index in [1.807, 2.05) is 0 Å². The standard InChI is InChI=1S/C18H26N2/c1-4-12-19-18(11-13-20(2)3)17-10-9-15-7-5-6-8-16(15)14-17/h5-10,14,18-19H,4,11-13H2,1-3H3. The molecule has 0 spiro atoms. The van der Waals surface area contributed by atoms with Crippen molar-refractivity contribution in [2.24, 2.45) is 0 Å². The van der Waals surface area contributed by atoms with Crippen LogP contribution in [-0.4, -0.2) is 32.1 Å². The van der Waals surface area contributed by atoms with Gasteiger partial charge in [-0.3, -0.25) is 0 Å². The summed E-state index contributed by atoms with van der Waals surface area (Å²) >= 11 is 0. The Balaban J connectivity index is 2.19. The summed E-state index contributed by atoms with van der Waals surface area (Å²) in [5.41, 5.74) is 1.40.